The minimum Gasteiger partial charge on any atom is -0.479 e. The van der Waals surface area contributed by atoms with Gasteiger partial charge in [0, 0.05) is 13.1 Å². The Morgan fingerprint density at radius 2 is 2.09 bits per heavy atom. The molecule has 1 aliphatic rings. The molecule has 1 saturated heterocycles. The molecule has 1 N–H and O–H groups in total. The van der Waals surface area contributed by atoms with Crippen molar-refractivity contribution in [2.45, 2.75) is 25.9 Å². The molecule has 1 aliphatic heterocycles. The largest absolute Gasteiger partial charge is 0.479 e. The van der Waals surface area contributed by atoms with Crippen LogP contribution in [-0.2, 0) is 4.79 Å². The van der Waals surface area contributed by atoms with Gasteiger partial charge in [-0.1, -0.05) is 29.3 Å². The number of benzene rings is 1. The summed E-state index contributed by atoms with van der Waals surface area (Å²) in [5.41, 5.74) is 0. The van der Waals surface area contributed by atoms with Crippen LogP contribution in [0.4, 0.5) is 0 Å². The molecule has 1 unspecified atom stereocenters. The first-order chi connectivity index (χ1) is 10.5. The first kappa shape index (κ1) is 17.4. The molecule has 2 rings (SSSR count). The lowest BCUT2D eigenvalue weighted by Gasteiger charge is -2.33. The first-order valence-corrected chi connectivity index (χ1v) is 8.32. The molecule has 6 heteroatoms. The molecule has 1 amide bonds. The van der Waals surface area contributed by atoms with Gasteiger partial charge in [-0.15, -0.1) is 0 Å². The number of hydrogen-bond donors (Lipinski definition) is 1. The Balaban J connectivity index is 1.91. The molecule has 0 radical (unpaired) electrons. The highest BCUT2D eigenvalue weighted by molar-refractivity contribution is 6.42. The van der Waals surface area contributed by atoms with Gasteiger partial charge in [-0.3, -0.25) is 4.79 Å². The minimum absolute atomic E-state index is 0.000972. The van der Waals surface area contributed by atoms with Crippen LogP contribution in [0, 0.1) is 5.92 Å². The van der Waals surface area contributed by atoms with E-state index in [4.69, 9.17) is 27.9 Å². The molecule has 0 spiro atoms. The SMILES string of the molecule is CNCC1CCN(C(=O)C(C)Oc2cccc(Cl)c2Cl)CC1. The lowest BCUT2D eigenvalue weighted by molar-refractivity contribution is -0.139. The molecule has 1 fully saturated rings. The van der Waals surface area contributed by atoms with Crippen LogP contribution in [0.5, 0.6) is 5.75 Å². The molecule has 1 aromatic rings. The van der Waals surface area contributed by atoms with Crippen molar-refractivity contribution in [3.05, 3.63) is 28.2 Å². The Kier molecular flexibility index (Phi) is 6.36. The summed E-state index contributed by atoms with van der Waals surface area (Å²) in [5.74, 6) is 1.09. The normalized spacial score (nSPS) is 17.4. The van der Waals surface area contributed by atoms with E-state index in [2.05, 4.69) is 5.32 Å². The van der Waals surface area contributed by atoms with Crippen LogP contribution in [0.3, 0.4) is 0 Å². The summed E-state index contributed by atoms with van der Waals surface area (Å²) in [6.07, 6.45) is 1.48. The van der Waals surface area contributed by atoms with Crippen LogP contribution < -0.4 is 10.1 Å². The van der Waals surface area contributed by atoms with Gasteiger partial charge < -0.3 is 15.0 Å². The molecular weight excluding hydrogens is 323 g/mol. The summed E-state index contributed by atoms with van der Waals surface area (Å²) in [7, 11) is 1.96. The first-order valence-electron chi connectivity index (χ1n) is 7.57. The summed E-state index contributed by atoms with van der Waals surface area (Å²) >= 11 is 12.1. The van der Waals surface area contributed by atoms with E-state index in [0.717, 1.165) is 32.5 Å². The fraction of sp³-hybridized carbons (Fsp3) is 0.562. The molecule has 1 atom stereocenters. The van der Waals surface area contributed by atoms with E-state index in [-0.39, 0.29) is 5.91 Å². The Hall–Kier alpha value is -0.970. The van der Waals surface area contributed by atoms with Crippen molar-refractivity contribution >= 4 is 29.1 Å². The van der Waals surface area contributed by atoms with E-state index >= 15 is 0 Å². The second-order valence-electron chi connectivity index (χ2n) is 5.64. The van der Waals surface area contributed by atoms with Gasteiger partial charge >= 0.3 is 0 Å². The summed E-state index contributed by atoms with van der Waals surface area (Å²) in [4.78, 5) is 14.3. The molecule has 0 aromatic heterocycles. The number of rotatable bonds is 5. The maximum absolute atomic E-state index is 12.5. The number of nitrogens with zero attached hydrogens (tertiary/aromatic N) is 1. The topological polar surface area (TPSA) is 41.6 Å². The van der Waals surface area contributed by atoms with Crippen molar-refractivity contribution in [1.29, 1.82) is 0 Å². The smallest absolute Gasteiger partial charge is 0.263 e. The maximum Gasteiger partial charge on any atom is 0.263 e. The highest BCUT2D eigenvalue weighted by Gasteiger charge is 2.27. The molecule has 1 heterocycles. The third-order valence-corrected chi connectivity index (χ3v) is 4.79. The second kappa shape index (κ2) is 8.04. The zero-order valence-corrected chi connectivity index (χ0v) is 14.5. The standard InChI is InChI=1S/C16H22Cl2N2O2/c1-11(22-14-5-3-4-13(17)15(14)18)16(21)20-8-6-12(7-9-20)10-19-2/h3-5,11-12,19H,6-10H2,1-2H3. The Morgan fingerprint density at radius 1 is 1.41 bits per heavy atom. The summed E-state index contributed by atoms with van der Waals surface area (Å²) in [6.45, 7) is 4.32. The van der Waals surface area contributed by atoms with Crippen LogP contribution in [0.2, 0.25) is 10.0 Å². The van der Waals surface area contributed by atoms with Crippen molar-refractivity contribution in [2.75, 3.05) is 26.7 Å². The Morgan fingerprint density at radius 3 is 2.73 bits per heavy atom. The predicted octanol–water partition coefficient (Wildman–Crippen LogP) is 3.22. The monoisotopic (exact) mass is 344 g/mol. The number of carbonyl (C=O) groups is 1. The molecule has 0 bridgehead atoms. The number of carbonyl (C=O) groups excluding carboxylic acids is 1. The minimum atomic E-state index is -0.572. The van der Waals surface area contributed by atoms with E-state index in [0.29, 0.717) is 21.7 Å². The zero-order chi connectivity index (χ0) is 16.1. The van der Waals surface area contributed by atoms with Gasteiger partial charge in [0.1, 0.15) is 10.8 Å². The van der Waals surface area contributed by atoms with Crippen LogP contribution in [0.1, 0.15) is 19.8 Å². The third-order valence-electron chi connectivity index (χ3n) is 3.99. The number of ether oxygens (including phenoxy) is 1. The number of hydrogen-bond acceptors (Lipinski definition) is 3. The number of piperidine rings is 1. The maximum atomic E-state index is 12.5. The highest BCUT2D eigenvalue weighted by Crippen LogP contribution is 2.32. The summed E-state index contributed by atoms with van der Waals surface area (Å²) in [5, 5.41) is 3.96. The molecule has 0 saturated carbocycles. The van der Waals surface area contributed by atoms with Gasteiger partial charge in [0.15, 0.2) is 6.10 Å². The van der Waals surface area contributed by atoms with Crippen LogP contribution in [0.25, 0.3) is 0 Å². The van der Waals surface area contributed by atoms with Crippen LogP contribution >= 0.6 is 23.2 Å². The Labute approximate surface area is 141 Å². The average molecular weight is 345 g/mol. The molecule has 122 valence electrons. The number of nitrogens with one attached hydrogen (secondary N) is 1. The second-order valence-corrected chi connectivity index (χ2v) is 6.42. The lowest BCUT2D eigenvalue weighted by Crippen LogP contribution is -2.45. The fourth-order valence-electron chi connectivity index (χ4n) is 2.72. The summed E-state index contributed by atoms with van der Waals surface area (Å²) < 4.78 is 5.70. The zero-order valence-electron chi connectivity index (χ0n) is 12.9. The van der Waals surface area contributed by atoms with E-state index in [1.54, 1.807) is 25.1 Å². The Bertz CT molecular complexity index is 517. The van der Waals surface area contributed by atoms with Gasteiger partial charge in [0.05, 0.1) is 5.02 Å². The highest BCUT2D eigenvalue weighted by atomic mass is 35.5. The van der Waals surface area contributed by atoms with Gasteiger partial charge in [0.25, 0.3) is 5.91 Å². The summed E-state index contributed by atoms with van der Waals surface area (Å²) in [6, 6.07) is 5.16. The van der Waals surface area contributed by atoms with Crippen LogP contribution in [-0.4, -0.2) is 43.6 Å². The van der Waals surface area contributed by atoms with E-state index in [1.807, 2.05) is 11.9 Å². The van der Waals surface area contributed by atoms with E-state index in [1.165, 1.54) is 0 Å². The number of likely N-dealkylation sites (tertiary alicyclic amines) is 1. The molecule has 22 heavy (non-hydrogen) atoms. The predicted molar refractivity (Wildman–Crippen MR) is 89.8 cm³/mol. The molecule has 0 aliphatic carbocycles. The lowest BCUT2D eigenvalue weighted by atomic mass is 9.96. The van der Waals surface area contributed by atoms with Crippen LogP contribution in [0.15, 0.2) is 18.2 Å². The van der Waals surface area contributed by atoms with Gasteiger partial charge in [-0.25, -0.2) is 0 Å². The number of halogens is 2. The van der Waals surface area contributed by atoms with Crippen molar-refractivity contribution < 1.29 is 9.53 Å². The van der Waals surface area contributed by atoms with Gasteiger partial charge in [-0.05, 0) is 51.4 Å². The van der Waals surface area contributed by atoms with Crippen molar-refractivity contribution in [1.82, 2.24) is 10.2 Å². The average Bonchev–Trinajstić information content (AvgIpc) is 2.52. The van der Waals surface area contributed by atoms with E-state index in [9.17, 15) is 4.79 Å². The van der Waals surface area contributed by atoms with Crippen molar-refractivity contribution in [3.8, 4) is 5.75 Å². The fourth-order valence-corrected chi connectivity index (χ4v) is 3.06. The number of amides is 1. The van der Waals surface area contributed by atoms with E-state index < -0.39 is 6.10 Å². The van der Waals surface area contributed by atoms with Crippen molar-refractivity contribution in [3.63, 3.8) is 0 Å². The molecular formula is C16H22Cl2N2O2. The van der Waals surface area contributed by atoms with Gasteiger partial charge in [0.2, 0.25) is 0 Å². The van der Waals surface area contributed by atoms with Gasteiger partial charge in [-0.2, -0.15) is 0 Å². The quantitative estimate of drug-likeness (QED) is 0.891. The molecule has 1 aromatic carbocycles. The van der Waals surface area contributed by atoms with Crippen molar-refractivity contribution in [2.24, 2.45) is 5.92 Å². The third kappa shape index (κ3) is 4.28. The molecule has 4 nitrogen and oxygen atoms in total.